The third kappa shape index (κ3) is 3.48. The second-order valence-electron chi connectivity index (χ2n) is 5.50. The predicted octanol–water partition coefficient (Wildman–Crippen LogP) is 3.52. The molecule has 126 valence electrons. The first kappa shape index (κ1) is 17.3. The maximum absolute atomic E-state index is 12.9. The van der Waals surface area contributed by atoms with Crippen LogP contribution in [-0.2, 0) is 16.0 Å². The van der Waals surface area contributed by atoms with Crippen molar-refractivity contribution in [3.05, 3.63) is 68.8 Å². The fourth-order valence-corrected chi connectivity index (χ4v) is 3.23. The van der Waals surface area contributed by atoms with E-state index in [1.54, 1.807) is 18.2 Å². The fourth-order valence-electron chi connectivity index (χ4n) is 2.67. The second-order valence-corrected chi connectivity index (χ2v) is 6.74. The van der Waals surface area contributed by atoms with Gasteiger partial charge in [-0.25, -0.2) is 9.69 Å². The summed E-state index contributed by atoms with van der Waals surface area (Å²) in [5.74, 6) is -1.30. The van der Waals surface area contributed by atoms with Gasteiger partial charge in [0.25, 0.3) is 11.8 Å². The molecule has 1 N–H and O–H groups in total. The molecule has 0 spiro atoms. The van der Waals surface area contributed by atoms with Gasteiger partial charge < -0.3 is 0 Å². The summed E-state index contributed by atoms with van der Waals surface area (Å²) >= 11 is 2.16. The molecule has 6 heteroatoms. The van der Waals surface area contributed by atoms with Crippen molar-refractivity contribution in [1.29, 1.82) is 0 Å². The number of nitrogens with one attached hydrogen (secondary N) is 1. The number of hydrogen-bond donors (Lipinski definition) is 1. The van der Waals surface area contributed by atoms with Crippen LogP contribution in [0.4, 0.5) is 10.5 Å². The Kier molecular flexibility index (Phi) is 4.98. The van der Waals surface area contributed by atoms with Gasteiger partial charge in [-0.2, -0.15) is 0 Å². The monoisotopic (exact) mass is 446 g/mol. The number of nitrogens with zero attached hydrogens (tertiary/aromatic N) is 1. The van der Waals surface area contributed by atoms with Crippen molar-refractivity contribution < 1.29 is 14.4 Å². The molecule has 1 saturated heterocycles. The molecule has 0 atom stereocenters. The van der Waals surface area contributed by atoms with E-state index < -0.39 is 17.8 Å². The third-order valence-corrected chi connectivity index (χ3v) is 4.55. The highest BCUT2D eigenvalue weighted by Crippen LogP contribution is 2.26. The Morgan fingerprint density at radius 2 is 1.84 bits per heavy atom. The number of barbiturate groups is 1. The SMILES string of the molecule is CCc1ccccc1N1C(=O)NC(=O)C(=Cc2cccc(I)c2)C1=O. The topological polar surface area (TPSA) is 66.5 Å². The second kappa shape index (κ2) is 7.18. The van der Waals surface area contributed by atoms with E-state index in [1.807, 2.05) is 37.3 Å². The minimum atomic E-state index is -0.726. The number of imide groups is 2. The van der Waals surface area contributed by atoms with E-state index in [0.717, 1.165) is 19.6 Å². The van der Waals surface area contributed by atoms with Crippen LogP contribution in [0.25, 0.3) is 6.08 Å². The predicted molar refractivity (Wildman–Crippen MR) is 104 cm³/mol. The van der Waals surface area contributed by atoms with Crippen LogP contribution in [0.3, 0.4) is 0 Å². The van der Waals surface area contributed by atoms with E-state index in [2.05, 4.69) is 27.9 Å². The maximum atomic E-state index is 12.9. The highest BCUT2D eigenvalue weighted by Gasteiger charge is 2.37. The van der Waals surface area contributed by atoms with Crippen molar-refractivity contribution in [2.45, 2.75) is 13.3 Å². The summed E-state index contributed by atoms with van der Waals surface area (Å²) < 4.78 is 0.986. The molecule has 1 aliphatic heterocycles. The number of amides is 4. The van der Waals surface area contributed by atoms with Crippen LogP contribution in [0.2, 0.25) is 0 Å². The summed E-state index contributed by atoms with van der Waals surface area (Å²) in [6.07, 6.45) is 2.17. The molecule has 2 aromatic carbocycles. The van der Waals surface area contributed by atoms with Gasteiger partial charge in [0, 0.05) is 3.57 Å². The molecule has 4 amide bonds. The number of halogens is 1. The number of anilines is 1. The number of urea groups is 1. The zero-order valence-corrected chi connectivity index (χ0v) is 15.6. The van der Waals surface area contributed by atoms with Crippen molar-refractivity contribution in [3.8, 4) is 0 Å². The fraction of sp³-hybridized carbons (Fsp3) is 0.105. The molecule has 0 unspecified atom stereocenters. The lowest BCUT2D eigenvalue weighted by Gasteiger charge is -2.27. The van der Waals surface area contributed by atoms with Gasteiger partial charge in [0.2, 0.25) is 0 Å². The van der Waals surface area contributed by atoms with Crippen LogP contribution in [0, 0.1) is 3.57 Å². The normalized spacial score (nSPS) is 16.3. The first-order valence-electron chi connectivity index (χ1n) is 7.76. The Morgan fingerprint density at radius 1 is 1.08 bits per heavy atom. The van der Waals surface area contributed by atoms with Gasteiger partial charge in [0.05, 0.1) is 5.69 Å². The third-order valence-electron chi connectivity index (χ3n) is 3.87. The van der Waals surface area contributed by atoms with Gasteiger partial charge in [-0.3, -0.25) is 14.9 Å². The lowest BCUT2D eigenvalue weighted by molar-refractivity contribution is -0.122. The Labute approximate surface area is 158 Å². The van der Waals surface area contributed by atoms with Gasteiger partial charge in [-0.05, 0) is 64.4 Å². The van der Waals surface area contributed by atoms with Gasteiger partial charge in [-0.1, -0.05) is 37.3 Å². The first-order valence-corrected chi connectivity index (χ1v) is 8.84. The van der Waals surface area contributed by atoms with Crippen LogP contribution in [0.1, 0.15) is 18.1 Å². The molecule has 25 heavy (non-hydrogen) atoms. The summed E-state index contributed by atoms with van der Waals surface area (Å²) in [6, 6.07) is 13.9. The zero-order chi connectivity index (χ0) is 18.0. The van der Waals surface area contributed by atoms with Gasteiger partial charge in [0.1, 0.15) is 5.57 Å². The lowest BCUT2D eigenvalue weighted by atomic mass is 10.0. The number of para-hydroxylation sites is 1. The smallest absolute Gasteiger partial charge is 0.273 e. The van der Waals surface area contributed by atoms with Crippen LogP contribution >= 0.6 is 22.6 Å². The van der Waals surface area contributed by atoms with Gasteiger partial charge in [-0.15, -0.1) is 0 Å². The van der Waals surface area contributed by atoms with Crippen molar-refractivity contribution in [3.63, 3.8) is 0 Å². The summed E-state index contributed by atoms with van der Waals surface area (Å²) in [7, 11) is 0. The molecule has 0 saturated carbocycles. The first-order chi connectivity index (χ1) is 12.0. The van der Waals surface area contributed by atoms with E-state index in [-0.39, 0.29) is 5.57 Å². The van der Waals surface area contributed by atoms with E-state index in [4.69, 9.17) is 0 Å². The standard InChI is InChI=1S/C19H15IN2O3/c1-2-13-7-3-4-9-16(13)22-18(24)15(17(23)21-19(22)25)11-12-6-5-8-14(20)10-12/h3-11H,2H2,1H3,(H,21,23,25). The molecule has 0 aliphatic carbocycles. The van der Waals surface area contributed by atoms with E-state index in [9.17, 15) is 14.4 Å². The summed E-state index contributed by atoms with van der Waals surface area (Å²) in [5.41, 5.74) is 2.01. The van der Waals surface area contributed by atoms with E-state index in [1.165, 1.54) is 6.08 Å². The van der Waals surface area contributed by atoms with Crippen molar-refractivity contribution in [1.82, 2.24) is 5.32 Å². The number of carbonyl (C=O) groups is 3. The molecular weight excluding hydrogens is 431 g/mol. The Hall–Kier alpha value is -2.48. The molecule has 3 rings (SSSR count). The molecule has 2 aromatic rings. The van der Waals surface area contributed by atoms with Crippen LogP contribution in [0.5, 0.6) is 0 Å². The quantitative estimate of drug-likeness (QED) is 0.446. The van der Waals surface area contributed by atoms with E-state index >= 15 is 0 Å². The van der Waals surface area contributed by atoms with Crippen molar-refractivity contribution in [2.75, 3.05) is 4.90 Å². The average Bonchev–Trinajstić information content (AvgIpc) is 2.59. The molecule has 1 fully saturated rings. The zero-order valence-electron chi connectivity index (χ0n) is 13.5. The Bertz CT molecular complexity index is 905. The van der Waals surface area contributed by atoms with Gasteiger partial charge >= 0.3 is 6.03 Å². The Balaban J connectivity index is 2.06. The summed E-state index contributed by atoms with van der Waals surface area (Å²) in [5, 5.41) is 2.25. The van der Waals surface area contributed by atoms with Crippen LogP contribution < -0.4 is 10.2 Å². The van der Waals surface area contributed by atoms with Crippen LogP contribution in [0.15, 0.2) is 54.1 Å². The van der Waals surface area contributed by atoms with E-state index in [0.29, 0.717) is 12.1 Å². The molecular formula is C19H15IN2O3. The molecule has 1 aliphatic rings. The lowest BCUT2D eigenvalue weighted by Crippen LogP contribution is -2.54. The Morgan fingerprint density at radius 3 is 2.56 bits per heavy atom. The highest BCUT2D eigenvalue weighted by atomic mass is 127. The number of aryl methyl sites for hydroxylation is 1. The van der Waals surface area contributed by atoms with Crippen molar-refractivity contribution >= 4 is 52.2 Å². The summed E-state index contributed by atoms with van der Waals surface area (Å²) in [4.78, 5) is 38.4. The minimum Gasteiger partial charge on any atom is -0.273 e. The number of rotatable bonds is 3. The number of hydrogen-bond acceptors (Lipinski definition) is 3. The molecule has 0 radical (unpaired) electrons. The largest absolute Gasteiger partial charge is 0.335 e. The maximum Gasteiger partial charge on any atom is 0.335 e. The number of benzene rings is 2. The minimum absolute atomic E-state index is 0.0625. The molecule has 0 bridgehead atoms. The summed E-state index contributed by atoms with van der Waals surface area (Å²) in [6.45, 7) is 1.94. The van der Waals surface area contributed by atoms with Gasteiger partial charge in [0.15, 0.2) is 0 Å². The average molecular weight is 446 g/mol. The molecule has 0 aromatic heterocycles. The molecule has 1 heterocycles. The highest BCUT2D eigenvalue weighted by molar-refractivity contribution is 14.1. The number of carbonyl (C=O) groups excluding carboxylic acids is 3. The van der Waals surface area contributed by atoms with Crippen LogP contribution in [-0.4, -0.2) is 17.8 Å². The van der Waals surface area contributed by atoms with Crippen molar-refractivity contribution in [2.24, 2.45) is 0 Å². The molecule has 5 nitrogen and oxygen atoms in total.